The quantitative estimate of drug-likeness (QED) is 0.0126. The van der Waals surface area contributed by atoms with E-state index in [0.717, 1.165) is 69.2 Å². The summed E-state index contributed by atoms with van der Waals surface area (Å²) in [5.74, 6) is -6.11. The molecule has 3 aromatic carbocycles. The molecule has 7 rings (SSSR count). The monoisotopic (exact) mass is 1740 g/mol. The fourth-order valence-electron chi connectivity index (χ4n) is 13.2. The number of alkyl carbamates (subject to hydrolysis) is 2. The molecule has 42 heteroatoms. The summed E-state index contributed by atoms with van der Waals surface area (Å²) in [6, 6.07) is 5.75. The molecule has 2 aliphatic rings. The Labute approximate surface area is 714 Å². The molecule has 0 spiro atoms. The number of nitrogens with zero attached hydrogens (tertiary/aromatic N) is 4. The number of ether oxygens (including phenoxy) is 6. The van der Waals surface area contributed by atoms with E-state index in [1.807, 2.05) is 19.1 Å². The summed E-state index contributed by atoms with van der Waals surface area (Å²) in [5.41, 5.74) is -0.743. The lowest BCUT2D eigenvalue weighted by molar-refractivity contribution is -0.144. The summed E-state index contributed by atoms with van der Waals surface area (Å²) < 4.78 is 48.5. The van der Waals surface area contributed by atoms with Crippen molar-refractivity contribution in [1.29, 1.82) is 0 Å². The molecule has 0 aliphatic heterocycles. The van der Waals surface area contributed by atoms with E-state index in [1.54, 1.807) is 36.5 Å². The van der Waals surface area contributed by atoms with Crippen LogP contribution in [-0.2, 0) is 109 Å². The van der Waals surface area contributed by atoms with Gasteiger partial charge in [0.1, 0.15) is 65.4 Å². The van der Waals surface area contributed by atoms with Crippen molar-refractivity contribution in [2.24, 2.45) is 23.2 Å². The van der Waals surface area contributed by atoms with Gasteiger partial charge in [-0.2, -0.15) is 5.21 Å². The zero-order chi connectivity index (χ0) is 90.3. The number of rotatable bonds is 54. The first kappa shape index (κ1) is 98.8. The van der Waals surface area contributed by atoms with Gasteiger partial charge in [0.25, 0.3) is 0 Å². The Morgan fingerprint density at radius 2 is 1.26 bits per heavy atom. The number of H-pyrrole nitrogens is 2. The van der Waals surface area contributed by atoms with Gasteiger partial charge in [-0.3, -0.25) is 47.9 Å². The van der Waals surface area contributed by atoms with Gasteiger partial charge >= 0.3 is 24.1 Å². The average Bonchev–Trinajstić information content (AvgIpc) is 1.62. The highest BCUT2D eigenvalue weighted by molar-refractivity contribution is 6.06. The van der Waals surface area contributed by atoms with Crippen LogP contribution in [0.4, 0.5) is 14.0 Å². The molecule has 1 unspecified atom stereocenters. The van der Waals surface area contributed by atoms with Crippen molar-refractivity contribution >= 4 is 77.3 Å². The minimum atomic E-state index is -2.40. The number of fused-ring (bicyclic) bond motifs is 1. The van der Waals surface area contributed by atoms with Crippen LogP contribution < -0.4 is 63.2 Å². The lowest BCUT2D eigenvalue weighted by Gasteiger charge is -2.34. The number of aromatic nitrogens is 6. The molecular formula is C82H112FN17O24. The molecule has 2 aromatic heterocycles. The fraction of sp³-hybridized carbons (Fsp3) is 0.549. The number of carbonyl (C=O) groups is 13. The summed E-state index contributed by atoms with van der Waals surface area (Å²) in [6.07, 6.45) is 1.77. The van der Waals surface area contributed by atoms with Gasteiger partial charge in [0.05, 0.1) is 91.0 Å². The Balaban J connectivity index is 0.834. The number of carboxylic acid groups (broad SMARTS) is 2. The number of aliphatic hydroxyl groups excluding tert-OH is 3. The molecule has 0 saturated heterocycles. The van der Waals surface area contributed by atoms with Crippen molar-refractivity contribution in [3.63, 3.8) is 0 Å². The van der Waals surface area contributed by atoms with Crippen LogP contribution in [0.5, 0.6) is 5.75 Å². The van der Waals surface area contributed by atoms with E-state index in [0.29, 0.717) is 113 Å². The second kappa shape index (κ2) is 50.3. The predicted molar refractivity (Wildman–Crippen MR) is 436 cm³/mol. The zero-order valence-corrected chi connectivity index (χ0v) is 69.9. The van der Waals surface area contributed by atoms with Crippen molar-refractivity contribution in [1.82, 2.24) is 89.1 Å². The van der Waals surface area contributed by atoms with Gasteiger partial charge < -0.3 is 117 Å². The molecule has 18 N–H and O–H groups in total. The molecule has 5 aromatic rings. The van der Waals surface area contributed by atoms with E-state index in [1.165, 1.54) is 38.4 Å². The van der Waals surface area contributed by atoms with Gasteiger partial charge in [-0.05, 0) is 130 Å². The third kappa shape index (κ3) is 32.5. The van der Waals surface area contributed by atoms with Crippen LogP contribution in [0.25, 0.3) is 11.1 Å². The smallest absolute Gasteiger partial charge is 0.407 e. The zero-order valence-electron chi connectivity index (χ0n) is 69.9. The summed E-state index contributed by atoms with van der Waals surface area (Å²) in [6.45, 7) is 8.85. The Kier molecular flexibility index (Phi) is 40.1. The molecular weight excluding hydrogens is 1630 g/mol. The molecule has 124 heavy (non-hydrogen) atoms. The molecule has 676 valence electrons. The Bertz CT molecular complexity index is 4420. The number of hydrogen-bond acceptors (Lipinski definition) is 26. The maximum Gasteiger partial charge on any atom is 0.407 e. The molecule has 0 radical (unpaired) electrons. The molecule has 2 aliphatic carbocycles. The number of halogens is 1. The molecule has 2 heterocycles. The van der Waals surface area contributed by atoms with Crippen molar-refractivity contribution in [2.45, 2.75) is 173 Å². The second-order valence-corrected chi connectivity index (χ2v) is 30.3. The number of unbranched alkanes of at least 4 members (excludes halogenated alkanes) is 1. The van der Waals surface area contributed by atoms with Crippen LogP contribution in [0.2, 0.25) is 0 Å². The van der Waals surface area contributed by atoms with Gasteiger partial charge in [-0.1, -0.05) is 60.7 Å². The van der Waals surface area contributed by atoms with Crippen molar-refractivity contribution in [2.75, 3.05) is 92.2 Å². The van der Waals surface area contributed by atoms with E-state index in [2.05, 4.69) is 101 Å². The van der Waals surface area contributed by atoms with Crippen LogP contribution in [0.3, 0.4) is 0 Å². The average molecular weight is 1740 g/mol. The highest BCUT2D eigenvalue weighted by Gasteiger charge is 2.50. The number of carbonyl (C=O) groups excluding carboxylic acids is 11. The number of benzene rings is 3. The number of carboxylic acids is 2. The van der Waals surface area contributed by atoms with Gasteiger partial charge in [-0.15, -0.1) is 22.0 Å². The van der Waals surface area contributed by atoms with Crippen LogP contribution in [0.1, 0.15) is 115 Å². The van der Waals surface area contributed by atoms with Gasteiger partial charge in [0.15, 0.2) is 5.82 Å². The van der Waals surface area contributed by atoms with E-state index >= 15 is 4.39 Å². The lowest BCUT2D eigenvalue weighted by atomic mass is 9.90. The summed E-state index contributed by atoms with van der Waals surface area (Å²) in [4.78, 5) is 181. The van der Waals surface area contributed by atoms with Crippen LogP contribution in [0, 0.1) is 40.8 Å². The Morgan fingerprint density at radius 3 is 1.89 bits per heavy atom. The maximum atomic E-state index is 15.4. The first-order valence-corrected chi connectivity index (χ1v) is 40.7. The predicted octanol–water partition coefficient (Wildman–Crippen LogP) is -0.982. The fourth-order valence-corrected chi connectivity index (χ4v) is 13.2. The standard InChI is InChI=1S/C82H112FN17O24/c1-7-51-39-55(122-30-15-14-27-86-79(117)123-37-36-121-35-34-120-33-32-119-31-29-87-80(118)124-46-59-57-17-10-8-9-11-18-58(57)59)24-25-56(51)52-22-20-50(21-23-52)38-63(75(112)113)91-71(108)62(41-67(105)106)90-72(109)64(45-101)92-73(110)68(48(2)102)95-78(116)82(6,42-53-16-12-13-19-60(53)83)96-74(111)69(49(3)103)94-66(104)44-88-70(107)61(40-65-97-99-100-98-65)93-77(115)81(4,5)76(114)85-28-26-54-43-84-47-89-54/h12-13,16,19-25,39,43,47-49,57-59,61-64,68-69,101-103H,7,10-11,14-15,17-18,26-38,40-42,44-46H2,1-6H3,(H,84,89)(H,85,114)(H,86,117)(H,87,118)(H,88,107)(H,90,109)(H,91,108)(H,92,110)(H,93,115)(H,94,104)(H,95,116)(H,96,111)(H,105,106)(H,112,113)(H,97,98,99,100)/t48-,49-,57-,58+,59?,61+,62+,63+,64+,68+,69+,82+/m1/s1. The normalized spacial score (nSPS) is 16.4. The van der Waals surface area contributed by atoms with E-state index in [-0.39, 0.29) is 44.2 Å². The number of tetrazole rings is 1. The van der Waals surface area contributed by atoms with E-state index < -0.39 is 175 Å². The van der Waals surface area contributed by atoms with Crippen LogP contribution >= 0.6 is 0 Å². The topological polar surface area (TPSA) is 594 Å². The first-order valence-electron chi connectivity index (χ1n) is 40.7. The molecule has 41 nitrogen and oxygen atoms in total. The number of aliphatic carboxylic acids is 2. The van der Waals surface area contributed by atoms with Gasteiger partial charge in [0, 0.05) is 70.0 Å². The van der Waals surface area contributed by atoms with Crippen LogP contribution in [-0.4, -0.2) is 280 Å². The number of hydrogen-bond donors (Lipinski definition) is 18. The van der Waals surface area contributed by atoms with E-state index in [4.69, 9.17) is 28.4 Å². The van der Waals surface area contributed by atoms with Crippen LogP contribution in [0.15, 0.2) is 79.3 Å². The number of aryl methyl sites for hydroxylation is 1. The maximum absolute atomic E-state index is 15.4. The van der Waals surface area contributed by atoms with Crippen molar-refractivity contribution < 1.29 is 121 Å². The van der Waals surface area contributed by atoms with E-state index in [9.17, 15) is 87.9 Å². The highest BCUT2D eigenvalue weighted by atomic mass is 19.1. The van der Waals surface area contributed by atoms with Crippen molar-refractivity contribution in [3.05, 3.63) is 113 Å². The molecule has 1 saturated carbocycles. The molecule has 1 fully saturated rings. The molecule has 0 bridgehead atoms. The summed E-state index contributed by atoms with van der Waals surface area (Å²) in [5, 5.41) is 91.7. The molecule has 12 atom stereocenters. The minimum absolute atomic E-state index is 0.0423. The molecule has 11 amide bonds. The Hall–Kier alpha value is -12.3. The lowest BCUT2D eigenvalue weighted by Crippen LogP contribution is -2.67. The SMILES string of the molecule is CCc1cc(OCCCCNC(=O)OCCOCCOCCOCCNC(=O)OCC2[C@H]3CCC#CCC[C@@H]23)ccc1-c1ccc(C[C@H](NC(=O)[C@H](CC(=O)O)NC(=O)[C@H](CO)NC(=O)[C@@H](NC(=O)[C@](C)(Cc2ccccc2F)NC(=O)[C@@H](NC(=O)CNC(=O)[C@H](Cc2nn[nH]n2)NC(=O)C(C)(C)C(=O)NCCc2cnc[nH]2)[C@@H](C)O)[C@@H](C)O)C(=O)O)cc1. The largest absolute Gasteiger partial charge is 0.494 e. The number of aliphatic hydroxyl groups is 3. The first-order chi connectivity index (χ1) is 59.3. The van der Waals surface area contributed by atoms with Gasteiger partial charge in [-0.25, -0.2) is 23.8 Å². The number of amides is 11. The van der Waals surface area contributed by atoms with Crippen molar-refractivity contribution in [3.8, 4) is 28.7 Å². The Morgan fingerprint density at radius 1 is 0.621 bits per heavy atom. The summed E-state index contributed by atoms with van der Waals surface area (Å²) >= 11 is 0. The number of aromatic amines is 2. The number of imidazole rings is 1. The second-order valence-electron chi connectivity index (χ2n) is 30.3. The highest BCUT2D eigenvalue weighted by Crippen LogP contribution is 2.52. The third-order valence-electron chi connectivity index (χ3n) is 20.4. The summed E-state index contributed by atoms with van der Waals surface area (Å²) in [7, 11) is 0. The van der Waals surface area contributed by atoms with Gasteiger partial charge in [0.2, 0.25) is 53.2 Å². The number of nitrogens with one attached hydrogen (secondary N) is 13. The minimum Gasteiger partial charge on any atom is -0.494 e. The third-order valence-corrected chi connectivity index (χ3v) is 20.4.